The molecule has 1 aromatic carbocycles. The number of ether oxygens (including phenoxy) is 1. The molecular weight excluding hydrogens is 385 g/mol. The summed E-state index contributed by atoms with van der Waals surface area (Å²) in [7, 11) is 2.18. The number of nitrogens with two attached hydrogens (primary N) is 1. The molecule has 1 amide bonds. The van der Waals surface area contributed by atoms with E-state index in [4.69, 9.17) is 10.5 Å². The third-order valence-corrected chi connectivity index (χ3v) is 5.44. The summed E-state index contributed by atoms with van der Waals surface area (Å²) in [5.41, 5.74) is 6.99. The number of rotatable bonds is 6. The Hall–Kier alpha value is -0.850. The summed E-state index contributed by atoms with van der Waals surface area (Å²) in [5.74, 6) is 0.839. The molecule has 0 aliphatic carbocycles. The molecule has 5 nitrogen and oxygen atoms in total. The van der Waals surface area contributed by atoms with Gasteiger partial charge in [-0.3, -0.25) is 4.79 Å². The molecule has 2 fully saturated rings. The number of halogens is 2. The highest BCUT2D eigenvalue weighted by Crippen LogP contribution is 2.24. The average molecular weight is 418 g/mol. The van der Waals surface area contributed by atoms with Gasteiger partial charge in [-0.1, -0.05) is 30.3 Å². The first-order chi connectivity index (χ1) is 12.2. The summed E-state index contributed by atoms with van der Waals surface area (Å²) in [6.45, 7) is 4.30. The average Bonchev–Trinajstić information content (AvgIpc) is 3.12. The molecule has 1 aromatic rings. The molecule has 27 heavy (non-hydrogen) atoms. The lowest BCUT2D eigenvalue weighted by Crippen LogP contribution is -2.45. The predicted octanol–water partition coefficient (Wildman–Crippen LogP) is 2.71. The van der Waals surface area contributed by atoms with Gasteiger partial charge in [-0.05, 0) is 44.2 Å². The third kappa shape index (κ3) is 6.91. The Bertz CT molecular complexity index is 553. The molecule has 2 saturated heterocycles. The van der Waals surface area contributed by atoms with Crippen molar-refractivity contribution in [3.63, 3.8) is 0 Å². The van der Waals surface area contributed by atoms with Crippen LogP contribution in [-0.4, -0.2) is 61.1 Å². The fourth-order valence-corrected chi connectivity index (χ4v) is 4.00. The Labute approximate surface area is 175 Å². The van der Waals surface area contributed by atoms with Gasteiger partial charge in [0.05, 0.1) is 6.10 Å². The van der Waals surface area contributed by atoms with Crippen molar-refractivity contribution in [3.05, 3.63) is 35.9 Å². The van der Waals surface area contributed by atoms with Crippen molar-refractivity contribution in [1.82, 2.24) is 9.80 Å². The van der Waals surface area contributed by atoms with Gasteiger partial charge in [0, 0.05) is 32.7 Å². The first kappa shape index (κ1) is 24.2. The monoisotopic (exact) mass is 417 g/mol. The predicted molar refractivity (Wildman–Crippen MR) is 114 cm³/mol. The maximum Gasteiger partial charge on any atom is 0.251 e. The Balaban J connectivity index is 0.00000182. The summed E-state index contributed by atoms with van der Waals surface area (Å²) >= 11 is 0. The smallest absolute Gasteiger partial charge is 0.251 e. The second kappa shape index (κ2) is 11.9. The number of amides is 1. The molecule has 0 saturated carbocycles. The van der Waals surface area contributed by atoms with Crippen LogP contribution in [0.2, 0.25) is 0 Å². The van der Waals surface area contributed by atoms with Crippen LogP contribution in [0.25, 0.3) is 0 Å². The zero-order valence-corrected chi connectivity index (χ0v) is 17.7. The van der Waals surface area contributed by atoms with E-state index in [2.05, 4.69) is 42.3 Å². The first-order valence-electron chi connectivity index (χ1n) is 9.52. The van der Waals surface area contributed by atoms with Crippen molar-refractivity contribution in [2.75, 3.05) is 33.2 Å². The number of hydrogen-bond donors (Lipinski definition) is 1. The molecule has 2 heterocycles. The molecule has 0 aromatic heterocycles. The molecule has 0 spiro atoms. The number of carbonyl (C=O) groups is 1. The van der Waals surface area contributed by atoms with Gasteiger partial charge < -0.3 is 20.3 Å². The Morgan fingerprint density at radius 2 is 1.81 bits per heavy atom. The van der Waals surface area contributed by atoms with Gasteiger partial charge in [0.1, 0.15) is 6.10 Å². The second-order valence-electron chi connectivity index (χ2n) is 7.51. The van der Waals surface area contributed by atoms with E-state index < -0.39 is 0 Å². The largest absolute Gasteiger partial charge is 0.364 e. The summed E-state index contributed by atoms with van der Waals surface area (Å²) in [4.78, 5) is 17.0. The molecule has 0 radical (unpaired) electrons. The van der Waals surface area contributed by atoms with Crippen LogP contribution in [0.15, 0.2) is 30.3 Å². The van der Waals surface area contributed by atoms with Crippen LogP contribution in [0.5, 0.6) is 0 Å². The van der Waals surface area contributed by atoms with Crippen molar-refractivity contribution in [1.29, 1.82) is 0 Å². The number of piperidine rings is 1. The van der Waals surface area contributed by atoms with E-state index in [1.807, 2.05) is 4.90 Å². The molecule has 3 rings (SSSR count). The molecular formula is C20H33Cl2N3O2. The summed E-state index contributed by atoms with van der Waals surface area (Å²) < 4.78 is 5.76. The van der Waals surface area contributed by atoms with Crippen LogP contribution in [-0.2, 0) is 16.1 Å². The van der Waals surface area contributed by atoms with Gasteiger partial charge in [0.15, 0.2) is 0 Å². The number of nitrogens with zero attached hydrogens (tertiary/aromatic N) is 2. The van der Waals surface area contributed by atoms with Crippen LogP contribution in [0.1, 0.15) is 31.2 Å². The summed E-state index contributed by atoms with van der Waals surface area (Å²) in [6, 6.07) is 10.6. The van der Waals surface area contributed by atoms with E-state index in [1.54, 1.807) is 0 Å². The minimum Gasteiger partial charge on any atom is -0.364 e. The lowest BCUT2D eigenvalue weighted by atomic mass is 9.95. The number of benzene rings is 1. The minimum absolute atomic E-state index is 0. The Kier molecular flexibility index (Phi) is 10.6. The minimum atomic E-state index is -0.258. The van der Waals surface area contributed by atoms with E-state index in [-0.39, 0.29) is 42.9 Å². The topological polar surface area (TPSA) is 58.8 Å². The van der Waals surface area contributed by atoms with Gasteiger partial charge in [-0.25, -0.2) is 0 Å². The fraction of sp³-hybridized carbons (Fsp3) is 0.650. The zero-order valence-electron chi connectivity index (χ0n) is 16.1. The molecule has 2 N–H and O–H groups in total. The molecule has 7 heteroatoms. The van der Waals surface area contributed by atoms with Gasteiger partial charge in [-0.2, -0.15) is 0 Å². The lowest BCUT2D eigenvalue weighted by Gasteiger charge is -2.35. The van der Waals surface area contributed by atoms with E-state index in [0.717, 1.165) is 51.9 Å². The zero-order chi connectivity index (χ0) is 17.6. The van der Waals surface area contributed by atoms with Crippen molar-refractivity contribution in [2.24, 2.45) is 11.7 Å². The van der Waals surface area contributed by atoms with Crippen LogP contribution in [0.4, 0.5) is 0 Å². The van der Waals surface area contributed by atoms with Crippen LogP contribution in [0.3, 0.4) is 0 Å². The third-order valence-electron chi connectivity index (χ3n) is 5.44. The molecule has 154 valence electrons. The molecule has 2 atom stereocenters. The standard InChI is InChI=1S/C20H31N3O2.2ClH/c1-22(14-16-5-3-2-4-6-16)15-17-9-11-23(12-10-17)20(24)19-8-7-18(13-21)25-19;;/h2-6,17-19H,7-15,21H2,1H3;2*1H/t18-,19+;;/m1../s1. The van der Waals surface area contributed by atoms with Gasteiger partial charge in [0.25, 0.3) is 5.91 Å². The maximum absolute atomic E-state index is 12.6. The molecule has 2 aliphatic heterocycles. The molecule has 2 aliphatic rings. The first-order valence-corrected chi connectivity index (χ1v) is 9.52. The van der Waals surface area contributed by atoms with Crippen LogP contribution in [0, 0.1) is 5.92 Å². The maximum atomic E-state index is 12.6. The number of hydrogen-bond acceptors (Lipinski definition) is 4. The number of carbonyl (C=O) groups excluding carboxylic acids is 1. The number of likely N-dealkylation sites (tertiary alicyclic amines) is 1. The highest BCUT2D eigenvalue weighted by molar-refractivity contribution is 5.85. The second-order valence-corrected chi connectivity index (χ2v) is 7.51. The summed E-state index contributed by atoms with van der Waals surface area (Å²) in [5, 5.41) is 0. The van der Waals surface area contributed by atoms with Crippen LogP contribution >= 0.6 is 24.8 Å². The van der Waals surface area contributed by atoms with E-state index in [9.17, 15) is 4.79 Å². The van der Waals surface area contributed by atoms with E-state index in [0.29, 0.717) is 12.5 Å². The summed E-state index contributed by atoms with van der Waals surface area (Å²) in [6.07, 6.45) is 3.70. The fourth-order valence-electron chi connectivity index (χ4n) is 4.00. The van der Waals surface area contributed by atoms with Crippen LogP contribution < -0.4 is 5.73 Å². The molecule has 0 unspecified atom stereocenters. The van der Waals surface area contributed by atoms with Gasteiger partial charge in [0.2, 0.25) is 0 Å². The quantitative estimate of drug-likeness (QED) is 0.772. The van der Waals surface area contributed by atoms with Gasteiger partial charge in [-0.15, -0.1) is 24.8 Å². The van der Waals surface area contributed by atoms with E-state index >= 15 is 0 Å². The Morgan fingerprint density at radius 3 is 2.41 bits per heavy atom. The SMILES string of the molecule is CN(Cc1ccccc1)CC1CCN(C(=O)[C@@H]2CC[C@H](CN)O2)CC1.Cl.Cl. The van der Waals surface area contributed by atoms with Crippen molar-refractivity contribution in [2.45, 2.75) is 44.4 Å². The Morgan fingerprint density at radius 1 is 1.15 bits per heavy atom. The van der Waals surface area contributed by atoms with Crippen molar-refractivity contribution < 1.29 is 9.53 Å². The highest BCUT2D eigenvalue weighted by atomic mass is 35.5. The van der Waals surface area contributed by atoms with Crippen molar-refractivity contribution >= 4 is 30.7 Å². The lowest BCUT2D eigenvalue weighted by molar-refractivity contribution is -0.144. The van der Waals surface area contributed by atoms with E-state index in [1.165, 1.54) is 5.56 Å². The van der Waals surface area contributed by atoms with Gasteiger partial charge >= 0.3 is 0 Å². The highest BCUT2D eigenvalue weighted by Gasteiger charge is 2.34. The molecule has 0 bridgehead atoms. The normalized spacial score (nSPS) is 23.0. The van der Waals surface area contributed by atoms with Crippen molar-refractivity contribution in [3.8, 4) is 0 Å².